The molecule has 0 atom stereocenters. The van der Waals surface area contributed by atoms with Crippen LogP contribution in [0.4, 0.5) is 9.18 Å². The fourth-order valence-corrected chi connectivity index (χ4v) is 2.92. The number of hydrogen-bond donors (Lipinski definition) is 1. The second-order valence-electron chi connectivity index (χ2n) is 6.11. The lowest BCUT2D eigenvalue weighted by atomic mass is 10.1. The molecule has 0 saturated carbocycles. The summed E-state index contributed by atoms with van der Waals surface area (Å²) in [7, 11) is 4.25. The smallest absolute Gasteiger partial charge is 0.409 e. The fraction of sp³-hybridized carbons (Fsp3) is 0.200. The van der Waals surface area contributed by atoms with Crippen LogP contribution in [0.15, 0.2) is 42.5 Å². The van der Waals surface area contributed by atoms with E-state index < -0.39 is 17.9 Å². The number of ether oxygens (including phenoxy) is 2. The molecular weight excluding hydrogens is 351 g/mol. The molecule has 3 aromatic rings. The summed E-state index contributed by atoms with van der Waals surface area (Å²) in [5, 5.41) is 0.591. The molecule has 0 unspecified atom stereocenters. The minimum atomic E-state index is -0.591. The van der Waals surface area contributed by atoms with Crippen LogP contribution in [0.1, 0.15) is 15.9 Å². The molecule has 0 spiro atoms. The van der Waals surface area contributed by atoms with Crippen LogP contribution in [0, 0.1) is 5.82 Å². The number of nitrogens with one attached hydrogen (secondary N) is 1. The van der Waals surface area contributed by atoms with Gasteiger partial charge in [0, 0.05) is 30.2 Å². The predicted molar refractivity (Wildman–Crippen MR) is 98.9 cm³/mol. The minimum absolute atomic E-state index is 0.173. The summed E-state index contributed by atoms with van der Waals surface area (Å²) in [5.41, 5.74) is 3.23. The zero-order valence-corrected chi connectivity index (χ0v) is 15.2. The van der Waals surface area contributed by atoms with Gasteiger partial charge in [0.15, 0.2) is 0 Å². The molecule has 140 valence electrons. The quantitative estimate of drug-likeness (QED) is 0.706. The number of aromatic nitrogens is 1. The Hall–Kier alpha value is -3.35. The Balaban J connectivity index is 1.91. The summed E-state index contributed by atoms with van der Waals surface area (Å²) in [4.78, 5) is 28.0. The van der Waals surface area contributed by atoms with Gasteiger partial charge in [-0.1, -0.05) is 24.3 Å². The number of H-pyrrole nitrogens is 1. The third-order valence-corrected chi connectivity index (χ3v) is 4.28. The van der Waals surface area contributed by atoms with Gasteiger partial charge in [-0.3, -0.25) is 0 Å². The second kappa shape index (κ2) is 7.49. The van der Waals surface area contributed by atoms with Gasteiger partial charge in [-0.05, 0) is 29.3 Å². The topological polar surface area (TPSA) is 71.6 Å². The molecule has 1 amide bonds. The predicted octanol–water partition coefficient (Wildman–Crippen LogP) is 3.96. The molecular formula is C20H19FN2O4. The average Bonchev–Trinajstić information content (AvgIpc) is 3.10. The van der Waals surface area contributed by atoms with E-state index in [1.54, 1.807) is 13.1 Å². The van der Waals surface area contributed by atoms with Gasteiger partial charge in [-0.25, -0.2) is 14.0 Å². The second-order valence-corrected chi connectivity index (χ2v) is 6.11. The van der Waals surface area contributed by atoms with E-state index in [1.807, 2.05) is 24.3 Å². The highest BCUT2D eigenvalue weighted by atomic mass is 19.1. The van der Waals surface area contributed by atoms with Crippen LogP contribution in [-0.2, 0) is 16.0 Å². The molecule has 0 aliphatic carbocycles. The first-order chi connectivity index (χ1) is 12.9. The Kier molecular flexibility index (Phi) is 5.12. The summed E-state index contributed by atoms with van der Waals surface area (Å²) >= 11 is 0. The Bertz CT molecular complexity index is 995. The molecule has 0 aliphatic heterocycles. The molecule has 0 saturated heterocycles. The average molecular weight is 370 g/mol. The number of methoxy groups -OCH3 is 2. The van der Waals surface area contributed by atoms with Crippen molar-refractivity contribution in [3.05, 3.63) is 59.4 Å². The van der Waals surface area contributed by atoms with E-state index in [0.29, 0.717) is 17.4 Å². The normalized spacial score (nSPS) is 10.7. The van der Waals surface area contributed by atoms with E-state index in [0.717, 1.165) is 22.9 Å². The molecule has 7 heteroatoms. The van der Waals surface area contributed by atoms with Crippen molar-refractivity contribution in [3.63, 3.8) is 0 Å². The first-order valence-corrected chi connectivity index (χ1v) is 8.22. The van der Waals surface area contributed by atoms with Gasteiger partial charge < -0.3 is 19.4 Å². The number of carbonyl (C=O) groups excluding carboxylic acids is 2. The number of rotatable bonds is 4. The third kappa shape index (κ3) is 3.76. The molecule has 0 radical (unpaired) electrons. The Morgan fingerprint density at radius 3 is 2.41 bits per heavy atom. The first kappa shape index (κ1) is 18.4. The molecule has 3 rings (SSSR count). The Labute approximate surface area is 155 Å². The van der Waals surface area contributed by atoms with Crippen molar-refractivity contribution in [2.24, 2.45) is 0 Å². The van der Waals surface area contributed by atoms with Gasteiger partial charge in [-0.2, -0.15) is 0 Å². The van der Waals surface area contributed by atoms with Crippen molar-refractivity contribution >= 4 is 23.0 Å². The van der Waals surface area contributed by atoms with E-state index in [4.69, 9.17) is 4.74 Å². The molecule has 0 aliphatic rings. The van der Waals surface area contributed by atoms with Gasteiger partial charge in [-0.15, -0.1) is 0 Å². The number of fused-ring (bicyclic) bond motifs is 1. The van der Waals surface area contributed by atoms with Crippen molar-refractivity contribution in [2.45, 2.75) is 6.54 Å². The summed E-state index contributed by atoms with van der Waals surface area (Å²) in [6.07, 6.45) is -0.410. The number of esters is 1. The van der Waals surface area contributed by atoms with Crippen LogP contribution in [-0.4, -0.2) is 43.2 Å². The lowest BCUT2D eigenvalue weighted by Gasteiger charge is -2.15. The fourth-order valence-electron chi connectivity index (χ4n) is 2.92. The van der Waals surface area contributed by atoms with Crippen molar-refractivity contribution in [1.29, 1.82) is 0 Å². The first-order valence-electron chi connectivity index (χ1n) is 8.22. The largest absolute Gasteiger partial charge is 0.465 e. The van der Waals surface area contributed by atoms with Crippen LogP contribution >= 0.6 is 0 Å². The third-order valence-electron chi connectivity index (χ3n) is 4.28. The van der Waals surface area contributed by atoms with Gasteiger partial charge in [0.2, 0.25) is 0 Å². The molecule has 6 nitrogen and oxygen atoms in total. The lowest BCUT2D eigenvalue weighted by molar-refractivity contribution is 0.0602. The number of carbonyl (C=O) groups is 2. The summed E-state index contributed by atoms with van der Waals surface area (Å²) in [6.45, 7) is 0.414. The van der Waals surface area contributed by atoms with Gasteiger partial charge in [0.25, 0.3) is 0 Å². The van der Waals surface area contributed by atoms with E-state index in [2.05, 4.69) is 9.72 Å². The van der Waals surface area contributed by atoms with E-state index in [1.165, 1.54) is 25.2 Å². The number of aromatic amines is 1. The molecule has 27 heavy (non-hydrogen) atoms. The molecule has 0 fully saturated rings. The maximum absolute atomic E-state index is 13.8. The van der Waals surface area contributed by atoms with Gasteiger partial charge >= 0.3 is 12.1 Å². The van der Waals surface area contributed by atoms with Crippen molar-refractivity contribution in [1.82, 2.24) is 9.88 Å². The Morgan fingerprint density at radius 1 is 1.07 bits per heavy atom. The zero-order chi connectivity index (χ0) is 19.6. The van der Waals surface area contributed by atoms with Gasteiger partial charge in [0.1, 0.15) is 5.82 Å². The van der Waals surface area contributed by atoms with Gasteiger partial charge in [0.05, 0.1) is 19.8 Å². The highest BCUT2D eigenvalue weighted by molar-refractivity contribution is 6.05. The minimum Gasteiger partial charge on any atom is -0.465 e. The standard InChI is InChI=1S/C20H19FN2O4/c1-23(20(25)27-3)11-12-4-6-13(7-5-12)17-10-15-16(19(24)26-2)8-14(21)9-18(15)22-17/h4-10,22H,11H2,1-3H3. The number of halogens is 1. The molecule has 1 aromatic heterocycles. The highest BCUT2D eigenvalue weighted by Crippen LogP contribution is 2.28. The number of benzene rings is 2. The zero-order valence-electron chi connectivity index (χ0n) is 15.2. The molecule has 1 N–H and O–H groups in total. The number of nitrogens with zero attached hydrogens (tertiary/aromatic N) is 1. The maximum atomic E-state index is 13.8. The summed E-state index contributed by atoms with van der Waals surface area (Å²) in [5.74, 6) is -1.11. The molecule has 0 bridgehead atoms. The van der Waals surface area contributed by atoms with Crippen molar-refractivity contribution < 1.29 is 23.5 Å². The van der Waals surface area contributed by atoms with Crippen LogP contribution in [0.2, 0.25) is 0 Å². The number of amides is 1. The molecule has 1 heterocycles. The van der Waals surface area contributed by atoms with Crippen LogP contribution in [0.5, 0.6) is 0 Å². The van der Waals surface area contributed by atoms with Crippen LogP contribution in [0.25, 0.3) is 22.2 Å². The maximum Gasteiger partial charge on any atom is 0.409 e. The highest BCUT2D eigenvalue weighted by Gasteiger charge is 2.15. The van der Waals surface area contributed by atoms with Crippen molar-refractivity contribution in [3.8, 4) is 11.3 Å². The Morgan fingerprint density at radius 2 is 1.78 bits per heavy atom. The molecule has 2 aromatic carbocycles. The monoisotopic (exact) mass is 370 g/mol. The summed E-state index contributed by atoms with van der Waals surface area (Å²) in [6, 6.07) is 11.8. The SMILES string of the molecule is COC(=O)c1cc(F)cc2[nH]c(-c3ccc(CN(C)C(=O)OC)cc3)cc12. The van der Waals surface area contributed by atoms with E-state index in [-0.39, 0.29) is 5.56 Å². The van der Waals surface area contributed by atoms with Crippen molar-refractivity contribution in [2.75, 3.05) is 21.3 Å². The van der Waals surface area contributed by atoms with Crippen LogP contribution in [0.3, 0.4) is 0 Å². The van der Waals surface area contributed by atoms with Crippen LogP contribution < -0.4 is 0 Å². The lowest BCUT2D eigenvalue weighted by Crippen LogP contribution is -2.25. The summed E-state index contributed by atoms with van der Waals surface area (Å²) < 4.78 is 23.2. The van der Waals surface area contributed by atoms with E-state index >= 15 is 0 Å². The van der Waals surface area contributed by atoms with E-state index in [9.17, 15) is 14.0 Å². The number of hydrogen-bond acceptors (Lipinski definition) is 4.